The number of hydrogen-bond donors (Lipinski definition) is 1. The minimum Gasteiger partial charge on any atom is -0.435 e. The first-order valence-corrected chi connectivity index (χ1v) is 8.44. The number of rotatable bonds is 7. The Balaban J connectivity index is 1.85. The van der Waals surface area contributed by atoms with Crippen molar-refractivity contribution in [1.29, 1.82) is 0 Å². The van der Waals surface area contributed by atoms with Crippen molar-refractivity contribution < 1.29 is 35.9 Å². The molecule has 0 atom stereocenters. The van der Waals surface area contributed by atoms with E-state index in [0.29, 0.717) is 6.07 Å². The highest BCUT2D eigenvalue weighted by Gasteiger charge is 2.24. The maximum atomic E-state index is 13.3. The second kappa shape index (κ2) is 8.59. The predicted molar refractivity (Wildman–Crippen MR) is 93.9 cm³/mol. The topological polar surface area (TPSA) is 69.0 Å². The van der Waals surface area contributed by atoms with Crippen molar-refractivity contribution in [2.75, 3.05) is 5.32 Å². The summed E-state index contributed by atoms with van der Waals surface area (Å²) < 4.78 is 82.3. The summed E-state index contributed by atoms with van der Waals surface area (Å²) in [4.78, 5) is 16.0. The summed E-state index contributed by atoms with van der Waals surface area (Å²) in [5, 5.41) is 6.32. The number of benzene rings is 1. The van der Waals surface area contributed by atoms with E-state index in [-0.39, 0.29) is 28.2 Å². The first kappa shape index (κ1) is 21.4. The maximum Gasteiger partial charge on any atom is 0.387 e. The van der Waals surface area contributed by atoms with Crippen molar-refractivity contribution in [2.45, 2.75) is 32.9 Å². The van der Waals surface area contributed by atoms with Crippen molar-refractivity contribution in [3.8, 4) is 5.75 Å². The number of pyridine rings is 1. The van der Waals surface area contributed by atoms with Crippen LogP contribution in [-0.2, 0) is 11.3 Å². The minimum atomic E-state index is -3.08. The van der Waals surface area contributed by atoms with Crippen LogP contribution in [0.25, 0.3) is 11.0 Å². The van der Waals surface area contributed by atoms with Crippen LogP contribution in [0.3, 0.4) is 0 Å². The van der Waals surface area contributed by atoms with Crippen molar-refractivity contribution >= 4 is 22.6 Å². The van der Waals surface area contributed by atoms with Gasteiger partial charge in [-0.15, -0.1) is 0 Å². The lowest BCUT2D eigenvalue weighted by Crippen LogP contribution is -2.20. The largest absolute Gasteiger partial charge is 0.435 e. The van der Waals surface area contributed by atoms with E-state index in [4.69, 9.17) is 0 Å². The van der Waals surface area contributed by atoms with Crippen LogP contribution in [0.1, 0.15) is 29.8 Å². The highest BCUT2D eigenvalue weighted by atomic mass is 19.3. The summed E-state index contributed by atoms with van der Waals surface area (Å²) in [5.41, 5.74) is -1.42. The second-order valence-corrected chi connectivity index (χ2v) is 6.13. The van der Waals surface area contributed by atoms with Crippen molar-refractivity contribution in [3.63, 3.8) is 0 Å². The Labute approximate surface area is 165 Å². The van der Waals surface area contributed by atoms with E-state index >= 15 is 0 Å². The maximum absolute atomic E-state index is 13.3. The quantitative estimate of drug-likeness (QED) is 0.542. The SMILES string of the molecule is Cc1nn(CC(=O)Nc2ccc(OC(F)F)cc2)c2nc(C(F)F)cc(C(F)F)c12. The van der Waals surface area contributed by atoms with Crippen LogP contribution in [0.4, 0.5) is 32.0 Å². The molecule has 0 unspecified atom stereocenters. The minimum absolute atomic E-state index is 0.101. The molecule has 160 valence electrons. The van der Waals surface area contributed by atoms with Gasteiger partial charge in [0.2, 0.25) is 5.91 Å². The zero-order valence-corrected chi connectivity index (χ0v) is 15.3. The number of hydrogen-bond acceptors (Lipinski definition) is 4. The van der Waals surface area contributed by atoms with Gasteiger partial charge < -0.3 is 10.1 Å². The average Bonchev–Trinajstić information content (AvgIpc) is 2.97. The number of nitrogens with zero attached hydrogens (tertiary/aromatic N) is 3. The number of nitrogens with one attached hydrogen (secondary N) is 1. The van der Waals surface area contributed by atoms with E-state index in [1.807, 2.05) is 0 Å². The van der Waals surface area contributed by atoms with Crippen molar-refractivity contribution in [1.82, 2.24) is 14.8 Å². The van der Waals surface area contributed by atoms with Crippen LogP contribution >= 0.6 is 0 Å². The molecule has 1 amide bonds. The van der Waals surface area contributed by atoms with Gasteiger partial charge in [0.15, 0.2) is 5.65 Å². The Hall–Kier alpha value is -3.31. The number of aryl methyl sites for hydroxylation is 1. The molecule has 12 heteroatoms. The van der Waals surface area contributed by atoms with Gasteiger partial charge in [0.05, 0.1) is 11.1 Å². The van der Waals surface area contributed by atoms with Gasteiger partial charge in [-0.25, -0.2) is 27.2 Å². The standard InChI is InChI=1S/C18H14F6N4O2/c1-8-14-11(15(19)20)6-12(16(21)22)26-17(14)28(27-8)7-13(29)25-9-2-4-10(5-3-9)30-18(23)24/h2-6,15-16,18H,7H2,1H3,(H,25,29). The van der Waals surface area contributed by atoms with Gasteiger partial charge in [0, 0.05) is 11.3 Å². The summed E-state index contributed by atoms with van der Waals surface area (Å²) in [6, 6.07) is 5.66. The van der Waals surface area contributed by atoms with E-state index in [9.17, 15) is 31.1 Å². The lowest BCUT2D eigenvalue weighted by atomic mass is 10.1. The number of aromatic nitrogens is 3. The normalized spacial score (nSPS) is 11.7. The Bertz CT molecular complexity index is 1050. The Kier molecular flexibility index (Phi) is 6.13. The summed E-state index contributed by atoms with van der Waals surface area (Å²) in [6.45, 7) is -2.10. The van der Waals surface area contributed by atoms with Crippen LogP contribution < -0.4 is 10.1 Å². The molecule has 0 radical (unpaired) electrons. The summed E-state index contributed by atoms with van der Waals surface area (Å²) in [6.07, 6.45) is -6.12. The lowest BCUT2D eigenvalue weighted by molar-refractivity contribution is -0.116. The van der Waals surface area contributed by atoms with Crippen LogP contribution in [-0.4, -0.2) is 27.3 Å². The van der Waals surface area contributed by atoms with Crippen LogP contribution in [0.5, 0.6) is 5.75 Å². The molecule has 0 aliphatic rings. The van der Waals surface area contributed by atoms with Gasteiger partial charge in [0.25, 0.3) is 12.9 Å². The van der Waals surface area contributed by atoms with E-state index in [0.717, 1.165) is 4.68 Å². The van der Waals surface area contributed by atoms with Crippen molar-refractivity contribution in [3.05, 3.63) is 47.3 Å². The molecule has 0 spiro atoms. The van der Waals surface area contributed by atoms with Crippen LogP contribution in [0.15, 0.2) is 30.3 Å². The van der Waals surface area contributed by atoms with Crippen LogP contribution in [0.2, 0.25) is 0 Å². The zero-order valence-electron chi connectivity index (χ0n) is 15.3. The number of anilines is 1. The molecule has 0 saturated heterocycles. The third-order valence-electron chi connectivity index (χ3n) is 4.04. The number of fused-ring (bicyclic) bond motifs is 1. The number of carbonyl (C=O) groups is 1. The molecule has 30 heavy (non-hydrogen) atoms. The van der Waals surface area contributed by atoms with E-state index < -0.39 is 43.2 Å². The van der Waals surface area contributed by atoms with Gasteiger partial charge in [-0.2, -0.15) is 13.9 Å². The fraction of sp³-hybridized carbons (Fsp3) is 0.278. The second-order valence-electron chi connectivity index (χ2n) is 6.13. The third-order valence-corrected chi connectivity index (χ3v) is 4.04. The first-order chi connectivity index (χ1) is 14.2. The predicted octanol–water partition coefficient (Wildman–Crippen LogP) is 4.86. The van der Waals surface area contributed by atoms with Crippen molar-refractivity contribution in [2.24, 2.45) is 0 Å². The zero-order chi connectivity index (χ0) is 22.0. The average molecular weight is 432 g/mol. The summed E-state index contributed by atoms with van der Waals surface area (Å²) >= 11 is 0. The molecule has 0 saturated carbocycles. The van der Waals surface area contributed by atoms with Gasteiger partial charge in [-0.05, 0) is 37.3 Å². The number of halogens is 6. The molecule has 1 aromatic carbocycles. The third kappa shape index (κ3) is 4.63. The number of ether oxygens (including phenoxy) is 1. The van der Waals surface area contributed by atoms with Gasteiger partial charge in [-0.1, -0.05) is 0 Å². The molecular weight excluding hydrogens is 418 g/mol. The molecular formula is C18H14F6N4O2. The fourth-order valence-electron chi connectivity index (χ4n) is 2.86. The Morgan fingerprint density at radius 3 is 2.33 bits per heavy atom. The van der Waals surface area contributed by atoms with E-state index in [1.165, 1.54) is 31.2 Å². The Morgan fingerprint density at radius 1 is 1.10 bits per heavy atom. The van der Waals surface area contributed by atoms with Crippen LogP contribution in [0, 0.1) is 6.92 Å². The molecule has 3 rings (SSSR count). The van der Waals surface area contributed by atoms with Gasteiger partial charge in [0.1, 0.15) is 18.0 Å². The first-order valence-electron chi connectivity index (χ1n) is 8.44. The molecule has 0 aliphatic heterocycles. The summed E-state index contributed by atoms with van der Waals surface area (Å²) in [7, 11) is 0. The smallest absolute Gasteiger partial charge is 0.387 e. The van der Waals surface area contributed by atoms with E-state index in [2.05, 4.69) is 20.1 Å². The van der Waals surface area contributed by atoms with Gasteiger partial charge >= 0.3 is 6.61 Å². The Morgan fingerprint density at radius 2 is 1.77 bits per heavy atom. The highest BCUT2D eigenvalue weighted by Crippen LogP contribution is 2.32. The lowest BCUT2D eigenvalue weighted by Gasteiger charge is -2.09. The molecule has 0 fully saturated rings. The molecule has 2 heterocycles. The molecule has 1 N–H and O–H groups in total. The monoisotopic (exact) mass is 432 g/mol. The van der Waals surface area contributed by atoms with Gasteiger partial charge in [-0.3, -0.25) is 4.79 Å². The van der Waals surface area contributed by atoms with E-state index in [1.54, 1.807) is 0 Å². The number of alkyl halides is 6. The molecule has 3 aromatic rings. The molecule has 6 nitrogen and oxygen atoms in total. The fourth-order valence-corrected chi connectivity index (χ4v) is 2.86. The number of amides is 1. The molecule has 0 bridgehead atoms. The highest BCUT2D eigenvalue weighted by molar-refractivity contribution is 5.92. The molecule has 0 aliphatic carbocycles. The number of carbonyl (C=O) groups excluding carboxylic acids is 1. The molecule has 2 aromatic heterocycles. The summed E-state index contributed by atoms with van der Waals surface area (Å²) in [5.74, 6) is -0.773.